The van der Waals surface area contributed by atoms with Crippen LogP contribution in [0.2, 0.25) is 0 Å². The lowest BCUT2D eigenvalue weighted by atomic mass is 9.95. The first-order valence-corrected chi connectivity index (χ1v) is 7.27. The molecule has 3 nitrogen and oxygen atoms in total. The zero-order chi connectivity index (χ0) is 11.9. The predicted octanol–water partition coefficient (Wildman–Crippen LogP) is 2.35. The lowest BCUT2D eigenvalue weighted by Gasteiger charge is -2.25. The minimum Gasteiger partial charge on any atom is -0.381 e. The molecular formula is C14H27NO2. The van der Waals surface area contributed by atoms with E-state index in [0.29, 0.717) is 12.0 Å². The SMILES string of the molecule is CC(CNC1CCCCC1)OCC1CCOC1. The maximum Gasteiger partial charge on any atom is 0.0671 e. The summed E-state index contributed by atoms with van der Waals surface area (Å²) in [5.41, 5.74) is 0. The monoisotopic (exact) mass is 241 g/mol. The Morgan fingerprint density at radius 2 is 2.06 bits per heavy atom. The number of rotatable bonds is 6. The zero-order valence-electron chi connectivity index (χ0n) is 11.1. The van der Waals surface area contributed by atoms with E-state index in [9.17, 15) is 0 Å². The van der Waals surface area contributed by atoms with Gasteiger partial charge in [-0.2, -0.15) is 0 Å². The topological polar surface area (TPSA) is 30.5 Å². The molecule has 0 bridgehead atoms. The molecule has 2 fully saturated rings. The Labute approximate surface area is 105 Å². The van der Waals surface area contributed by atoms with Crippen molar-refractivity contribution in [3.8, 4) is 0 Å². The summed E-state index contributed by atoms with van der Waals surface area (Å²) in [4.78, 5) is 0. The third kappa shape index (κ3) is 4.94. The van der Waals surface area contributed by atoms with E-state index in [1.54, 1.807) is 0 Å². The van der Waals surface area contributed by atoms with E-state index in [-0.39, 0.29) is 0 Å². The number of hydrogen-bond acceptors (Lipinski definition) is 3. The fourth-order valence-electron chi connectivity index (χ4n) is 2.71. The zero-order valence-corrected chi connectivity index (χ0v) is 11.1. The number of hydrogen-bond donors (Lipinski definition) is 1. The van der Waals surface area contributed by atoms with Gasteiger partial charge in [-0.3, -0.25) is 0 Å². The molecule has 17 heavy (non-hydrogen) atoms. The van der Waals surface area contributed by atoms with E-state index >= 15 is 0 Å². The Morgan fingerprint density at radius 3 is 2.76 bits per heavy atom. The van der Waals surface area contributed by atoms with E-state index in [4.69, 9.17) is 9.47 Å². The van der Waals surface area contributed by atoms with E-state index in [0.717, 1.165) is 32.4 Å². The van der Waals surface area contributed by atoms with Crippen molar-refractivity contribution >= 4 is 0 Å². The summed E-state index contributed by atoms with van der Waals surface area (Å²) in [7, 11) is 0. The Kier molecular flexibility index (Phi) is 5.75. The fraction of sp³-hybridized carbons (Fsp3) is 1.00. The molecule has 2 aliphatic rings. The second-order valence-electron chi connectivity index (χ2n) is 5.62. The highest BCUT2D eigenvalue weighted by Crippen LogP contribution is 2.17. The molecule has 1 heterocycles. The Morgan fingerprint density at radius 1 is 1.24 bits per heavy atom. The molecule has 100 valence electrons. The summed E-state index contributed by atoms with van der Waals surface area (Å²) in [6.45, 7) is 5.85. The molecule has 0 radical (unpaired) electrons. The van der Waals surface area contributed by atoms with Crippen LogP contribution in [0.1, 0.15) is 45.4 Å². The predicted molar refractivity (Wildman–Crippen MR) is 69.2 cm³/mol. The molecule has 0 amide bonds. The highest BCUT2D eigenvalue weighted by molar-refractivity contribution is 4.73. The van der Waals surface area contributed by atoms with Gasteiger partial charge in [-0.25, -0.2) is 0 Å². The van der Waals surface area contributed by atoms with Gasteiger partial charge >= 0.3 is 0 Å². The summed E-state index contributed by atoms with van der Waals surface area (Å²) in [5, 5.41) is 3.64. The van der Waals surface area contributed by atoms with Gasteiger partial charge in [0.2, 0.25) is 0 Å². The van der Waals surface area contributed by atoms with Crippen molar-refractivity contribution in [1.82, 2.24) is 5.32 Å². The first-order valence-electron chi connectivity index (χ1n) is 7.27. The summed E-state index contributed by atoms with van der Waals surface area (Å²) in [6.07, 6.45) is 8.41. The number of ether oxygens (including phenoxy) is 2. The Bertz CT molecular complexity index is 198. The van der Waals surface area contributed by atoms with E-state index in [1.165, 1.54) is 38.5 Å². The van der Waals surface area contributed by atoms with Crippen LogP contribution in [0.3, 0.4) is 0 Å². The van der Waals surface area contributed by atoms with Gasteiger partial charge in [-0.1, -0.05) is 19.3 Å². The molecule has 2 atom stereocenters. The third-order valence-electron chi connectivity index (χ3n) is 3.94. The molecule has 0 spiro atoms. The van der Waals surface area contributed by atoms with Crippen LogP contribution in [0.5, 0.6) is 0 Å². The largest absolute Gasteiger partial charge is 0.381 e. The van der Waals surface area contributed by atoms with Crippen LogP contribution in [-0.2, 0) is 9.47 Å². The molecule has 0 aromatic heterocycles. The highest BCUT2D eigenvalue weighted by atomic mass is 16.5. The Hall–Kier alpha value is -0.120. The normalized spacial score (nSPS) is 28.4. The molecule has 2 unspecified atom stereocenters. The van der Waals surface area contributed by atoms with Gasteiger partial charge in [0.25, 0.3) is 0 Å². The fourth-order valence-corrected chi connectivity index (χ4v) is 2.71. The molecule has 3 heteroatoms. The maximum atomic E-state index is 5.87. The van der Waals surface area contributed by atoms with Crippen molar-refractivity contribution in [2.45, 2.75) is 57.6 Å². The highest BCUT2D eigenvalue weighted by Gasteiger charge is 2.18. The van der Waals surface area contributed by atoms with Crippen LogP contribution in [-0.4, -0.2) is 38.5 Å². The van der Waals surface area contributed by atoms with Crippen LogP contribution in [0.25, 0.3) is 0 Å². The minimum absolute atomic E-state index is 0.331. The quantitative estimate of drug-likeness (QED) is 0.774. The molecule has 1 aliphatic heterocycles. The maximum absolute atomic E-state index is 5.87. The van der Waals surface area contributed by atoms with Crippen molar-refractivity contribution in [2.75, 3.05) is 26.4 Å². The second kappa shape index (κ2) is 7.34. The van der Waals surface area contributed by atoms with Crippen LogP contribution in [0.4, 0.5) is 0 Å². The lowest BCUT2D eigenvalue weighted by molar-refractivity contribution is 0.0348. The first-order chi connectivity index (χ1) is 8.34. The molecule has 0 aromatic rings. The van der Waals surface area contributed by atoms with Gasteiger partial charge in [-0.15, -0.1) is 0 Å². The standard InChI is InChI=1S/C14H27NO2/c1-12(17-11-13-7-8-16-10-13)9-15-14-5-3-2-4-6-14/h12-15H,2-11H2,1H3. The van der Waals surface area contributed by atoms with Crippen LogP contribution >= 0.6 is 0 Å². The first kappa shape index (κ1) is 13.3. The molecule has 0 aromatic carbocycles. The van der Waals surface area contributed by atoms with Crippen LogP contribution in [0.15, 0.2) is 0 Å². The molecular weight excluding hydrogens is 214 g/mol. The summed E-state index contributed by atoms with van der Waals surface area (Å²) in [6, 6.07) is 0.740. The average Bonchev–Trinajstić information content (AvgIpc) is 2.88. The van der Waals surface area contributed by atoms with Crippen molar-refractivity contribution in [2.24, 2.45) is 5.92 Å². The summed E-state index contributed by atoms with van der Waals surface area (Å²) in [5.74, 6) is 0.632. The second-order valence-corrected chi connectivity index (χ2v) is 5.62. The van der Waals surface area contributed by atoms with Gasteiger partial charge in [0.15, 0.2) is 0 Å². The summed E-state index contributed by atoms with van der Waals surface area (Å²) >= 11 is 0. The van der Waals surface area contributed by atoms with Gasteiger partial charge in [-0.05, 0) is 26.2 Å². The molecule has 1 N–H and O–H groups in total. The van der Waals surface area contributed by atoms with Crippen LogP contribution in [0, 0.1) is 5.92 Å². The minimum atomic E-state index is 0.331. The Balaban J connectivity index is 1.52. The summed E-state index contributed by atoms with van der Waals surface area (Å²) < 4.78 is 11.2. The number of nitrogens with one attached hydrogen (secondary N) is 1. The van der Waals surface area contributed by atoms with Crippen molar-refractivity contribution < 1.29 is 9.47 Å². The van der Waals surface area contributed by atoms with Gasteiger partial charge in [0.05, 0.1) is 19.3 Å². The average molecular weight is 241 g/mol. The van der Waals surface area contributed by atoms with E-state index in [1.807, 2.05) is 0 Å². The molecule has 1 aliphatic carbocycles. The lowest BCUT2D eigenvalue weighted by Crippen LogP contribution is -2.37. The molecule has 1 saturated carbocycles. The van der Waals surface area contributed by atoms with Crippen molar-refractivity contribution in [1.29, 1.82) is 0 Å². The van der Waals surface area contributed by atoms with E-state index < -0.39 is 0 Å². The van der Waals surface area contributed by atoms with Gasteiger partial charge in [0.1, 0.15) is 0 Å². The van der Waals surface area contributed by atoms with E-state index in [2.05, 4.69) is 12.2 Å². The van der Waals surface area contributed by atoms with Gasteiger partial charge in [0, 0.05) is 25.1 Å². The van der Waals surface area contributed by atoms with Crippen molar-refractivity contribution in [3.63, 3.8) is 0 Å². The van der Waals surface area contributed by atoms with Crippen molar-refractivity contribution in [3.05, 3.63) is 0 Å². The smallest absolute Gasteiger partial charge is 0.0671 e. The van der Waals surface area contributed by atoms with Gasteiger partial charge < -0.3 is 14.8 Å². The van der Waals surface area contributed by atoms with Crippen LogP contribution < -0.4 is 5.32 Å². The molecule has 1 saturated heterocycles. The third-order valence-corrected chi connectivity index (χ3v) is 3.94. The molecule has 2 rings (SSSR count).